The lowest BCUT2D eigenvalue weighted by Gasteiger charge is -2.31. The van der Waals surface area contributed by atoms with E-state index in [1.807, 2.05) is 0 Å². The summed E-state index contributed by atoms with van der Waals surface area (Å²) >= 11 is 2.46. The molecular formula is C14H15I. The molecule has 1 atom stereocenters. The smallest absolute Gasteiger partial charge is 0.0267 e. The number of hydrogen-bond donors (Lipinski definition) is 0. The molecule has 0 aliphatic heterocycles. The topological polar surface area (TPSA) is 0 Å². The molecule has 0 saturated heterocycles. The Hall–Kier alpha value is -0.570. The summed E-state index contributed by atoms with van der Waals surface area (Å²) in [6.45, 7) is 4.45. The summed E-state index contributed by atoms with van der Waals surface area (Å²) in [5.74, 6) is 0. The van der Waals surface area contributed by atoms with Gasteiger partial charge in [0.25, 0.3) is 0 Å². The van der Waals surface area contributed by atoms with Gasteiger partial charge in [0.15, 0.2) is 0 Å². The van der Waals surface area contributed by atoms with Gasteiger partial charge in [-0.1, -0.05) is 55.0 Å². The highest BCUT2D eigenvalue weighted by Gasteiger charge is 2.29. The second-order valence-corrected chi connectivity index (χ2v) is 5.51. The second-order valence-electron chi connectivity index (χ2n) is 4.35. The third-order valence-corrected chi connectivity index (χ3v) is 4.67. The number of rotatable bonds is 1. The molecule has 0 aromatic heterocycles. The van der Waals surface area contributed by atoms with Crippen molar-refractivity contribution in [1.29, 1.82) is 0 Å². The molecule has 1 aliphatic carbocycles. The minimum absolute atomic E-state index is 0.184. The summed E-state index contributed by atoms with van der Waals surface area (Å²) in [5.41, 5.74) is 2.93. The average molecular weight is 310 g/mol. The zero-order valence-corrected chi connectivity index (χ0v) is 11.3. The van der Waals surface area contributed by atoms with Crippen molar-refractivity contribution in [2.24, 2.45) is 0 Å². The van der Waals surface area contributed by atoms with Gasteiger partial charge in [-0.05, 0) is 41.5 Å². The van der Waals surface area contributed by atoms with Gasteiger partial charge in [-0.3, -0.25) is 0 Å². The van der Waals surface area contributed by atoms with Crippen molar-refractivity contribution in [3.8, 4) is 0 Å². The van der Waals surface area contributed by atoms with Crippen molar-refractivity contribution in [3.63, 3.8) is 0 Å². The van der Waals surface area contributed by atoms with Crippen molar-refractivity contribution < 1.29 is 0 Å². The van der Waals surface area contributed by atoms with E-state index in [0.717, 1.165) is 6.42 Å². The van der Waals surface area contributed by atoms with Crippen LogP contribution in [0.4, 0.5) is 0 Å². The number of aryl methyl sites for hydroxylation is 1. The third-order valence-electron chi connectivity index (χ3n) is 3.12. The highest BCUT2D eigenvalue weighted by atomic mass is 127. The van der Waals surface area contributed by atoms with E-state index in [-0.39, 0.29) is 5.41 Å². The first kappa shape index (κ1) is 10.9. The largest absolute Gasteiger partial charge is 0.0833 e. The van der Waals surface area contributed by atoms with E-state index in [1.165, 1.54) is 14.7 Å². The van der Waals surface area contributed by atoms with Crippen LogP contribution < -0.4 is 0 Å². The molecule has 1 aromatic carbocycles. The third kappa shape index (κ3) is 2.03. The number of benzene rings is 1. The molecule has 0 N–H and O–H groups in total. The van der Waals surface area contributed by atoms with Gasteiger partial charge in [0, 0.05) is 8.99 Å². The van der Waals surface area contributed by atoms with Gasteiger partial charge in [-0.2, -0.15) is 0 Å². The lowest BCUT2D eigenvalue weighted by atomic mass is 9.77. The predicted octanol–water partition coefficient (Wildman–Crippen LogP) is 4.53. The highest BCUT2D eigenvalue weighted by molar-refractivity contribution is 14.1. The van der Waals surface area contributed by atoms with Crippen LogP contribution >= 0.6 is 22.6 Å². The Morgan fingerprint density at radius 1 is 1.20 bits per heavy atom. The van der Waals surface area contributed by atoms with Gasteiger partial charge in [-0.15, -0.1) is 0 Å². The molecular weight excluding hydrogens is 295 g/mol. The first-order valence-electron chi connectivity index (χ1n) is 5.23. The molecule has 0 bridgehead atoms. The van der Waals surface area contributed by atoms with E-state index in [0.29, 0.717) is 0 Å². The molecule has 0 nitrogen and oxygen atoms in total. The van der Waals surface area contributed by atoms with Gasteiger partial charge >= 0.3 is 0 Å². The number of hydrogen-bond acceptors (Lipinski definition) is 0. The number of allylic oxidation sites excluding steroid dienone is 4. The molecule has 0 spiro atoms. The molecule has 1 aromatic rings. The van der Waals surface area contributed by atoms with E-state index in [2.05, 4.69) is 78.9 Å². The fraction of sp³-hybridized carbons (Fsp3) is 0.286. The van der Waals surface area contributed by atoms with Crippen molar-refractivity contribution in [1.82, 2.24) is 0 Å². The molecule has 0 radical (unpaired) electrons. The minimum Gasteiger partial charge on any atom is -0.0833 e. The second kappa shape index (κ2) is 4.12. The molecule has 1 aliphatic rings. The van der Waals surface area contributed by atoms with Crippen LogP contribution in [0.25, 0.3) is 0 Å². The van der Waals surface area contributed by atoms with Crippen LogP contribution in [0.2, 0.25) is 0 Å². The molecule has 2 rings (SSSR count). The molecule has 0 heterocycles. The SMILES string of the molecule is Cc1ccc(C2(C)CC=CC=C2I)cc1. The van der Waals surface area contributed by atoms with Crippen LogP contribution in [0.15, 0.2) is 46.1 Å². The Morgan fingerprint density at radius 3 is 2.47 bits per heavy atom. The predicted molar refractivity (Wildman–Crippen MR) is 74.4 cm³/mol. The Labute approximate surface area is 105 Å². The lowest BCUT2D eigenvalue weighted by Crippen LogP contribution is -2.22. The summed E-state index contributed by atoms with van der Waals surface area (Å²) in [6, 6.07) is 8.90. The van der Waals surface area contributed by atoms with Gasteiger partial charge in [0.05, 0.1) is 0 Å². The molecule has 0 saturated carbocycles. The lowest BCUT2D eigenvalue weighted by molar-refractivity contribution is 0.595. The van der Waals surface area contributed by atoms with Crippen LogP contribution in [-0.2, 0) is 5.41 Å². The van der Waals surface area contributed by atoms with E-state index >= 15 is 0 Å². The first-order valence-corrected chi connectivity index (χ1v) is 6.31. The molecule has 15 heavy (non-hydrogen) atoms. The van der Waals surface area contributed by atoms with Crippen LogP contribution in [-0.4, -0.2) is 0 Å². The fourth-order valence-electron chi connectivity index (χ4n) is 1.91. The van der Waals surface area contributed by atoms with Gasteiger partial charge < -0.3 is 0 Å². The van der Waals surface area contributed by atoms with Crippen LogP contribution in [0, 0.1) is 6.92 Å². The van der Waals surface area contributed by atoms with Crippen molar-refractivity contribution in [2.75, 3.05) is 0 Å². The van der Waals surface area contributed by atoms with Crippen molar-refractivity contribution in [3.05, 3.63) is 57.2 Å². The molecule has 0 amide bonds. The van der Waals surface area contributed by atoms with Crippen molar-refractivity contribution in [2.45, 2.75) is 25.7 Å². The standard InChI is InChI=1S/C14H15I/c1-11-6-8-12(9-7-11)14(2)10-4-3-5-13(14)15/h3-9H,10H2,1-2H3. The van der Waals surface area contributed by atoms with Crippen LogP contribution in [0.3, 0.4) is 0 Å². The normalized spacial score (nSPS) is 25.1. The summed E-state index contributed by atoms with van der Waals surface area (Å²) in [5, 5.41) is 0. The molecule has 1 unspecified atom stereocenters. The maximum atomic E-state index is 2.46. The van der Waals surface area contributed by atoms with E-state index < -0.39 is 0 Å². The molecule has 1 heteroatoms. The maximum absolute atomic E-state index is 2.46. The molecule has 0 fully saturated rings. The summed E-state index contributed by atoms with van der Waals surface area (Å²) in [7, 11) is 0. The van der Waals surface area contributed by atoms with E-state index in [4.69, 9.17) is 0 Å². The summed E-state index contributed by atoms with van der Waals surface area (Å²) < 4.78 is 1.42. The Morgan fingerprint density at radius 2 is 1.87 bits per heavy atom. The fourth-order valence-corrected chi connectivity index (χ4v) is 2.65. The van der Waals surface area contributed by atoms with E-state index in [1.54, 1.807) is 0 Å². The number of halogens is 1. The monoisotopic (exact) mass is 310 g/mol. The zero-order valence-electron chi connectivity index (χ0n) is 9.13. The van der Waals surface area contributed by atoms with Gasteiger partial charge in [-0.25, -0.2) is 0 Å². The van der Waals surface area contributed by atoms with Crippen LogP contribution in [0.5, 0.6) is 0 Å². The average Bonchev–Trinajstić information content (AvgIpc) is 2.23. The quantitative estimate of drug-likeness (QED) is 0.669. The molecule has 78 valence electrons. The highest BCUT2D eigenvalue weighted by Crippen LogP contribution is 2.41. The first-order chi connectivity index (χ1) is 7.13. The van der Waals surface area contributed by atoms with Crippen LogP contribution in [0.1, 0.15) is 24.5 Å². The Balaban J connectivity index is 2.42. The maximum Gasteiger partial charge on any atom is 0.0267 e. The van der Waals surface area contributed by atoms with E-state index in [9.17, 15) is 0 Å². The van der Waals surface area contributed by atoms with Gasteiger partial charge in [0.1, 0.15) is 0 Å². The van der Waals surface area contributed by atoms with Crippen molar-refractivity contribution >= 4 is 22.6 Å². The van der Waals surface area contributed by atoms with Gasteiger partial charge in [0.2, 0.25) is 0 Å². The Bertz CT molecular complexity index is 411. The zero-order chi connectivity index (χ0) is 10.9. The minimum atomic E-state index is 0.184. The summed E-state index contributed by atoms with van der Waals surface area (Å²) in [6.07, 6.45) is 7.72. The summed E-state index contributed by atoms with van der Waals surface area (Å²) in [4.78, 5) is 0. The Kier molecular flexibility index (Phi) is 3.01.